The first-order chi connectivity index (χ1) is 9.88. The summed E-state index contributed by atoms with van der Waals surface area (Å²) in [6.45, 7) is 2.98. The number of nitrogens with one attached hydrogen (secondary N) is 1. The molecule has 2 aromatic heterocycles. The summed E-state index contributed by atoms with van der Waals surface area (Å²) >= 11 is 0. The van der Waals surface area contributed by atoms with Gasteiger partial charge in [-0.15, -0.1) is 0 Å². The SMILES string of the molecule is CCNC(c1cncnc1)c1ccc2ncccc2c1. The first-order valence-electron chi connectivity index (χ1n) is 6.71. The summed E-state index contributed by atoms with van der Waals surface area (Å²) in [7, 11) is 0. The van der Waals surface area contributed by atoms with E-state index < -0.39 is 0 Å². The van der Waals surface area contributed by atoms with Crippen molar-refractivity contribution in [3.05, 3.63) is 66.4 Å². The second-order valence-corrected chi connectivity index (χ2v) is 4.62. The molecule has 0 saturated carbocycles. The third kappa shape index (κ3) is 2.51. The molecule has 0 aliphatic carbocycles. The molecule has 1 atom stereocenters. The number of nitrogens with zero attached hydrogens (tertiary/aromatic N) is 3. The molecule has 0 saturated heterocycles. The summed E-state index contributed by atoms with van der Waals surface area (Å²) in [6, 6.07) is 10.5. The summed E-state index contributed by atoms with van der Waals surface area (Å²) < 4.78 is 0. The van der Waals surface area contributed by atoms with Crippen LogP contribution in [0.1, 0.15) is 24.1 Å². The summed E-state index contributed by atoms with van der Waals surface area (Å²) in [5, 5.41) is 4.62. The van der Waals surface area contributed by atoms with Gasteiger partial charge in [0.15, 0.2) is 0 Å². The third-order valence-electron chi connectivity index (χ3n) is 3.28. The molecule has 3 rings (SSSR count). The van der Waals surface area contributed by atoms with Crippen molar-refractivity contribution < 1.29 is 0 Å². The van der Waals surface area contributed by atoms with Gasteiger partial charge in [-0.05, 0) is 30.3 Å². The number of hydrogen-bond donors (Lipinski definition) is 1. The van der Waals surface area contributed by atoms with E-state index in [1.807, 2.05) is 24.7 Å². The predicted molar refractivity (Wildman–Crippen MR) is 79.3 cm³/mol. The number of fused-ring (bicyclic) bond motifs is 1. The minimum absolute atomic E-state index is 0.103. The molecule has 1 aromatic carbocycles. The third-order valence-corrected chi connectivity index (χ3v) is 3.28. The van der Waals surface area contributed by atoms with Crippen LogP contribution in [0.3, 0.4) is 0 Å². The molecule has 100 valence electrons. The average molecular weight is 264 g/mol. The Morgan fingerprint density at radius 1 is 1.10 bits per heavy atom. The second kappa shape index (κ2) is 5.75. The molecule has 0 aliphatic rings. The fourth-order valence-corrected chi connectivity index (χ4v) is 2.37. The molecule has 2 heterocycles. The molecule has 3 aromatic rings. The molecule has 0 spiro atoms. The quantitative estimate of drug-likeness (QED) is 0.787. The smallest absolute Gasteiger partial charge is 0.115 e. The van der Waals surface area contributed by atoms with E-state index in [4.69, 9.17) is 0 Å². The van der Waals surface area contributed by atoms with Crippen molar-refractivity contribution in [3.63, 3.8) is 0 Å². The molecular weight excluding hydrogens is 248 g/mol. The van der Waals surface area contributed by atoms with Crippen LogP contribution in [0.5, 0.6) is 0 Å². The minimum Gasteiger partial charge on any atom is -0.306 e. The number of rotatable bonds is 4. The monoisotopic (exact) mass is 264 g/mol. The van der Waals surface area contributed by atoms with Gasteiger partial charge in [0.1, 0.15) is 6.33 Å². The zero-order valence-electron chi connectivity index (χ0n) is 11.3. The highest BCUT2D eigenvalue weighted by Gasteiger charge is 2.13. The molecule has 1 N–H and O–H groups in total. The van der Waals surface area contributed by atoms with Crippen LogP contribution in [0, 0.1) is 0 Å². The molecule has 4 heteroatoms. The van der Waals surface area contributed by atoms with Crippen LogP contribution in [-0.2, 0) is 0 Å². The van der Waals surface area contributed by atoms with E-state index in [2.05, 4.69) is 51.5 Å². The summed E-state index contributed by atoms with van der Waals surface area (Å²) in [4.78, 5) is 12.6. The molecule has 4 nitrogen and oxygen atoms in total. The summed E-state index contributed by atoms with van der Waals surface area (Å²) in [5.74, 6) is 0. The molecular formula is C16H16N4. The lowest BCUT2D eigenvalue weighted by atomic mass is 9.99. The van der Waals surface area contributed by atoms with Gasteiger partial charge in [0.25, 0.3) is 0 Å². The second-order valence-electron chi connectivity index (χ2n) is 4.62. The minimum atomic E-state index is 0.103. The summed E-state index contributed by atoms with van der Waals surface area (Å²) in [6.07, 6.45) is 7.08. The molecule has 0 fully saturated rings. The number of aromatic nitrogens is 3. The zero-order chi connectivity index (χ0) is 13.8. The Labute approximate surface area is 117 Å². The Morgan fingerprint density at radius 3 is 2.75 bits per heavy atom. The van der Waals surface area contributed by atoms with E-state index in [0.29, 0.717) is 0 Å². The van der Waals surface area contributed by atoms with Gasteiger partial charge >= 0.3 is 0 Å². The molecule has 0 radical (unpaired) electrons. The molecule has 0 amide bonds. The first kappa shape index (κ1) is 12.7. The van der Waals surface area contributed by atoms with Gasteiger partial charge in [-0.25, -0.2) is 9.97 Å². The molecule has 20 heavy (non-hydrogen) atoms. The van der Waals surface area contributed by atoms with Gasteiger partial charge < -0.3 is 5.32 Å². The first-order valence-corrected chi connectivity index (χ1v) is 6.71. The van der Waals surface area contributed by atoms with Crippen LogP contribution >= 0.6 is 0 Å². The lowest BCUT2D eigenvalue weighted by Crippen LogP contribution is -2.22. The van der Waals surface area contributed by atoms with E-state index in [0.717, 1.165) is 23.0 Å². The van der Waals surface area contributed by atoms with Crippen molar-refractivity contribution in [1.29, 1.82) is 0 Å². The topological polar surface area (TPSA) is 50.7 Å². The summed E-state index contributed by atoms with van der Waals surface area (Å²) in [5.41, 5.74) is 3.27. The van der Waals surface area contributed by atoms with E-state index in [-0.39, 0.29) is 6.04 Å². The van der Waals surface area contributed by atoms with Gasteiger partial charge in [-0.3, -0.25) is 4.98 Å². The van der Waals surface area contributed by atoms with E-state index in [1.54, 1.807) is 6.33 Å². The maximum atomic E-state index is 4.36. The highest BCUT2D eigenvalue weighted by Crippen LogP contribution is 2.24. The standard InChI is InChI=1S/C16H16N4/c1-2-19-16(14-9-17-11-18-10-14)13-5-6-15-12(8-13)4-3-7-20-15/h3-11,16,19H,2H2,1H3. The van der Waals surface area contributed by atoms with Crippen molar-refractivity contribution >= 4 is 10.9 Å². The largest absolute Gasteiger partial charge is 0.306 e. The fourth-order valence-electron chi connectivity index (χ4n) is 2.37. The van der Waals surface area contributed by atoms with Crippen molar-refractivity contribution in [2.75, 3.05) is 6.54 Å². The number of benzene rings is 1. The van der Waals surface area contributed by atoms with Gasteiger partial charge in [0.2, 0.25) is 0 Å². The molecule has 0 bridgehead atoms. The Kier molecular flexibility index (Phi) is 3.65. The lowest BCUT2D eigenvalue weighted by Gasteiger charge is -2.18. The van der Waals surface area contributed by atoms with Gasteiger partial charge in [-0.1, -0.05) is 19.1 Å². The Hall–Kier alpha value is -2.33. The maximum absolute atomic E-state index is 4.36. The van der Waals surface area contributed by atoms with Crippen molar-refractivity contribution in [3.8, 4) is 0 Å². The van der Waals surface area contributed by atoms with Crippen LogP contribution in [0.15, 0.2) is 55.2 Å². The van der Waals surface area contributed by atoms with Crippen LogP contribution in [0.2, 0.25) is 0 Å². The van der Waals surface area contributed by atoms with Gasteiger partial charge in [0, 0.05) is 29.5 Å². The number of pyridine rings is 1. The van der Waals surface area contributed by atoms with Crippen molar-refractivity contribution in [2.24, 2.45) is 0 Å². The molecule has 1 unspecified atom stereocenters. The zero-order valence-corrected chi connectivity index (χ0v) is 11.3. The van der Waals surface area contributed by atoms with Crippen LogP contribution < -0.4 is 5.32 Å². The fraction of sp³-hybridized carbons (Fsp3) is 0.188. The number of hydrogen-bond acceptors (Lipinski definition) is 4. The van der Waals surface area contributed by atoms with Crippen molar-refractivity contribution in [1.82, 2.24) is 20.3 Å². The van der Waals surface area contributed by atoms with Gasteiger partial charge in [0.05, 0.1) is 11.6 Å². The Morgan fingerprint density at radius 2 is 1.95 bits per heavy atom. The van der Waals surface area contributed by atoms with Crippen molar-refractivity contribution in [2.45, 2.75) is 13.0 Å². The van der Waals surface area contributed by atoms with E-state index in [1.165, 1.54) is 5.56 Å². The predicted octanol–water partition coefficient (Wildman–Crippen LogP) is 2.72. The Bertz CT molecular complexity index is 697. The van der Waals surface area contributed by atoms with Gasteiger partial charge in [-0.2, -0.15) is 0 Å². The highest BCUT2D eigenvalue weighted by atomic mass is 14.9. The van der Waals surface area contributed by atoms with Crippen LogP contribution in [0.4, 0.5) is 0 Å². The van der Waals surface area contributed by atoms with Crippen LogP contribution in [0.25, 0.3) is 10.9 Å². The lowest BCUT2D eigenvalue weighted by molar-refractivity contribution is 0.626. The normalized spacial score (nSPS) is 12.4. The van der Waals surface area contributed by atoms with E-state index >= 15 is 0 Å². The van der Waals surface area contributed by atoms with E-state index in [9.17, 15) is 0 Å². The Balaban J connectivity index is 2.05. The average Bonchev–Trinajstić information content (AvgIpc) is 2.53. The molecule has 0 aliphatic heterocycles. The highest BCUT2D eigenvalue weighted by molar-refractivity contribution is 5.79. The maximum Gasteiger partial charge on any atom is 0.115 e. The van der Waals surface area contributed by atoms with Crippen LogP contribution in [-0.4, -0.2) is 21.5 Å².